The molecule has 0 unspecified atom stereocenters. The molecule has 5 heterocycles. The molecule has 1 aromatic rings. The van der Waals surface area contributed by atoms with Gasteiger partial charge in [0.05, 0.1) is 35.8 Å². The molecule has 10 heteroatoms. The van der Waals surface area contributed by atoms with Gasteiger partial charge in [0.25, 0.3) is 0 Å². The quantitative estimate of drug-likeness (QED) is 0.0728. The van der Waals surface area contributed by atoms with Crippen molar-refractivity contribution < 1.29 is 41.2 Å². The number of allylic oxidation sites excluding steroid dienone is 8. The molecule has 6 rings (SSSR count). The fourth-order valence-electron chi connectivity index (χ4n) is 10.1. The minimum Gasteiger partial charge on any atom is -0.874 e. The van der Waals surface area contributed by atoms with Crippen LogP contribution in [0.5, 0.6) is 0 Å². The number of esters is 2. The predicted octanol–water partition coefficient (Wildman–Crippen LogP) is 10.0. The summed E-state index contributed by atoms with van der Waals surface area (Å²) >= 11 is 0. The first-order valence-electron chi connectivity index (χ1n) is 24.0. The number of carbonyl (C=O) groups is 2. The maximum absolute atomic E-state index is 14.4. The zero-order valence-corrected chi connectivity index (χ0v) is 41.8. The molecule has 1 aliphatic carbocycles. The molecule has 5 aliphatic rings. The van der Waals surface area contributed by atoms with Crippen LogP contribution in [-0.4, -0.2) is 42.8 Å². The van der Waals surface area contributed by atoms with E-state index in [1.807, 2.05) is 44.2 Å². The Kier molecular flexibility index (Phi) is 18.0. The molecule has 9 nitrogen and oxygen atoms in total. The van der Waals surface area contributed by atoms with Gasteiger partial charge in [-0.3, -0.25) is 14.6 Å². The van der Waals surface area contributed by atoms with E-state index in [0.717, 1.165) is 81.9 Å². The Morgan fingerprint density at radius 1 is 0.892 bits per heavy atom. The molecule has 0 saturated carbocycles. The Hall–Kier alpha value is -4.53. The van der Waals surface area contributed by atoms with Crippen molar-refractivity contribution in [1.82, 2.24) is 4.98 Å². The Balaban J connectivity index is 0.00000793. The predicted molar refractivity (Wildman–Crippen MR) is 260 cm³/mol. The summed E-state index contributed by atoms with van der Waals surface area (Å²) in [5, 5.41) is 15.2. The molecule has 0 amide bonds. The van der Waals surface area contributed by atoms with E-state index < -0.39 is 11.9 Å². The van der Waals surface area contributed by atoms with Crippen LogP contribution < -0.4 is 20.7 Å². The van der Waals surface area contributed by atoms with Gasteiger partial charge in [-0.05, 0) is 117 Å². The van der Waals surface area contributed by atoms with Crippen LogP contribution in [0.1, 0.15) is 151 Å². The topological polar surface area (TPSA) is 127 Å². The summed E-state index contributed by atoms with van der Waals surface area (Å²) in [6.45, 7) is 26.0. The molecular formula is C55H72CuN4O5. The van der Waals surface area contributed by atoms with Crippen LogP contribution >= 0.6 is 0 Å². The van der Waals surface area contributed by atoms with Gasteiger partial charge in [0.15, 0.2) is 0 Å². The normalized spacial score (nSPS) is 21.2. The second-order valence-corrected chi connectivity index (χ2v) is 19.4. The minimum atomic E-state index is -1.22. The van der Waals surface area contributed by atoms with E-state index in [0.29, 0.717) is 45.4 Å². The molecule has 1 radical (unpaired) electrons. The van der Waals surface area contributed by atoms with Crippen LogP contribution in [0.4, 0.5) is 0 Å². The van der Waals surface area contributed by atoms with Gasteiger partial charge in [0, 0.05) is 35.2 Å². The van der Waals surface area contributed by atoms with Gasteiger partial charge in [0.2, 0.25) is 0 Å². The van der Waals surface area contributed by atoms with Gasteiger partial charge < -0.3 is 19.6 Å². The summed E-state index contributed by atoms with van der Waals surface area (Å²) in [4.78, 5) is 47.5. The van der Waals surface area contributed by atoms with Gasteiger partial charge in [-0.2, -0.15) is 0 Å². The fraction of sp³-hybridized carbons (Fsp3) is 0.545. The van der Waals surface area contributed by atoms with Crippen molar-refractivity contribution >= 4 is 46.5 Å². The van der Waals surface area contributed by atoms with Gasteiger partial charge in [-0.15, -0.1) is 16.8 Å². The summed E-state index contributed by atoms with van der Waals surface area (Å²) < 4.78 is 11.0. The average Bonchev–Trinajstić information content (AvgIpc) is 3.99. The van der Waals surface area contributed by atoms with Crippen molar-refractivity contribution in [3.63, 3.8) is 0 Å². The zero-order valence-electron chi connectivity index (χ0n) is 40.9. The molecule has 353 valence electrons. The first kappa shape index (κ1) is 51.5. The number of ether oxygens (including phenoxy) is 2. The molecule has 0 saturated heterocycles. The number of aliphatic imine (C=N–C) groups is 3. The first-order chi connectivity index (χ1) is 30.6. The van der Waals surface area contributed by atoms with Crippen molar-refractivity contribution in [2.24, 2.45) is 50.5 Å². The van der Waals surface area contributed by atoms with Gasteiger partial charge in [-0.25, -0.2) is 9.98 Å². The molecular weight excluding hydrogens is 860 g/mol. The van der Waals surface area contributed by atoms with E-state index in [2.05, 4.69) is 62.0 Å². The van der Waals surface area contributed by atoms with E-state index in [4.69, 9.17) is 29.4 Å². The number of rotatable bonds is 20. The minimum absolute atomic E-state index is 0. The Bertz CT molecular complexity index is 2450. The van der Waals surface area contributed by atoms with Crippen LogP contribution in [0.15, 0.2) is 90.8 Å². The first-order valence-corrected chi connectivity index (χ1v) is 24.0. The molecule has 0 aromatic carbocycles. The Labute approximate surface area is 399 Å². The van der Waals surface area contributed by atoms with Gasteiger partial charge in [0.1, 0.15) is 6.61 Å². The summed E-state index contributed by atoms with van der Waals surface area (Å²) in [6, 6.07) is 0. The second-order valence-electron chi connectivity index (χ2n) is 19.4. The van der Waals surface area contributed by atoms with Crippen LogP contribution in [0, 0.1) is 42.4 Å². The van der Waals surface area contributed by atoms with Gasteiger partial charge >= 0.3 is 29.0 Å². The third-order valence-corrected chi connectivity index (χ3v) is 14.2. The Morgan fingerprint density at radius 2 is 1.54 bits per heavy atom. The van der Waals surface area contributed by atoms with Crippen molar-refractivity contribution in [2.45, 2.75) is 146 Å². The Morgan fingerprint density at radius 3 is 2.18 bits per heavy atom. The van der Waals surface area contributed by atoms with Crippen molar-refractivity contribution in [2.75, 3.05) is 13.7 Å². The maximum atomic E-state index is 14.4. The molecule has 0 spiro atoms. The number of fused-ring (bicyclic) bond motifs is 5. The summed E-state index contributed by atoms with van der Waals surface area (Å²) in [7, 11) is 1.30. The molecule has 4 aliphatic heterocycles. The maximum Gasteiger partial charge on any atom is 2.00 e. The number of nitrogens with zero attached hydrogens (tertiary/aromatic N) is 4. The van der Waals surface area contributed by atoms with Crippen LogP contribution in [-0.2, 0) is 36.1 Å². The molecule has 65 heavy (non-hydrogen) atoms. The molecule has 0 fully saturated rings. The third kappa shape index (κ3) is 11.5. The van der Waals surface area contributed by atoms with E-state index in [1.54, 1.807) is 0 Å². The van der Waals surface area contributed by atoms with Crippen LogP contribution in [0.25, 0.3) is 17.4 Å². The summed E-state index contributed by atoms with van der Waals surface area (Å²) in [5.74, 6) is -0.711. The number of hydrogen-bond acceptors (Lipinski definition) is 8. The smallest absolute Gasteiger partial charge is 0.874 e. The average molecular weight is 933 g/mol. The summed E-state index contributed by atoms with van der Waals surface area (Å²) in [5.41, 5.74) is 11.4. The van der Waals surface area contributed by atoms with Gasteiger partial charge in [-0.1, -0.05) is 116 Å². The van der Waals surface area contributed by atoms with Crippen molar-refractivity contribution in [1.29, 1.82) is 0 Å². The fourth-order valence-corrected chi connectivity index (χ4v) is 10.1. The van der Waals surface area contributed by atoms with Crippen LogP contribution in [0.2, 0.25) is 0 Å². The number of hydrogen-bond donors (Lipinski definition) is 0. The molecule has 5 atom stereocenters. The van der Waals surface area contributed by atoms with E-state index in [1.165, 1.54) is 57.6 Å². The SMILES string of the molecule is C=CC1=C(C)C2=NC1=CC1=NC(=Cc3[n-]c4c(c3C)=C([O-])[C@H](C(=O)OC)C=4C3=NC(=C2)[C@@H](C)[C@@H]3CCC(=O)OC/C=C(\C)CCC[C@H](C)CCC[C@H](C)CCCC(C)C)C(CC)=C1C.[Cu+2]. The zero-order chi connectivity index (χ0) is 46.4. The van der Waals surface area contributed by atoms with E-state index in [9.17, 15) is 14.7 Å². The molecule has 1 aromatic heterocycles. The third-order valence-electron chi connectivity index (χ3n) is 14.2. The summed E-state index contributed by atoms with van der Waals surface area (Å²) in [6.07, 6.45) is 22.4. The van der Waals surface area contributed by atoms with E-state index in [-0.39, 0.29) is 53.7 Å². The number of carbonyl (C=O) groups excluding carboxylic acids is 2. The standard InChI is InChI=1S/C55H73N4O5.Cu/c1-13-39-35(8)42-28-44-37(10)41(24-25-48(60)64-27-26-34(7)23-17-22-33(6)21-16-20-32(5)19-15-18-31(3)4)52(58-44)50-51(55(62)63-12)54(61)49-38(11)45(59-53(49)50)30-47-40(14-2)36(9)43(57-47)29-46(39)56-42;/h13,26,28-33,37,41,51H,1,14-25,27H2,2-12H3,(H-,56,57,58,59,61);/q-1;+2/p-1/b34-26+;/t32-,33-,37+,41+,51-;/m1./s1. The number of aromatic nitrogens is 1. The van der Waals surface area contributed by atoms with Crippen molar-refractivity contribution in [3.05, 3.63) is 97.7 Å². The van der Waals surface area contributed by atoms with Crippen LogP contribution in [0.3, 0.4) is 0 Å². The second kappa shape index (κ2) is 22.8. The van der Waals surface area contributed by atoms with Crippen molar-refractivity contribution in [3.8, 4) is 0 Å². The monoisotopic (exact) mass is 931 g/mol. The molecule has 8 bridgehead atoms. The largest absolute Gasteiger partial charge is 2.00 e. The molecule has 0 N–H and O–H groups in total. The number of methoxy groups -OCH3 is 1. The van der Waals surface area contributed by atoms with E-state index >= 15 is 0 Å².